The van der Waals surface area contributed by atoms with E-state index in [4.69, 9.17) is 0 Å². The molecule has 0 heterocycles. The van der Waals surface area contributed by atoms with Gasteiger partial charge in [0.1, 0.15) is 0 Å². The second kappa shape index (κ2) is 10.8. The van der Waals surface area contributed by atoms with Crippen LogP contribution in [-0.4, -0.2) is 0 Å². The van der Waals surface area contributed by atoms with E-state index in [-0.39, 0.29) is 21.7 Å². The first kappa shape index (κ1) is 34.0. The van der Waals surface area contributed by atoms with Gasteiger partial charge in [-0.2, -0.15) is 0 Å². The van der Waals surface area contributed by atoms with E-state index in [1.54, 1.807) is 11.1 Å². The first-order valence-electron chi connectivity index (χ1n) is 22.5. The maximum Gasteiger partial charge on any atom is 0.0546 e. The molecule has 13 rings (SSSR count). The van der Waals surface area contributed by atoms with Crippen LogP contribution in [0.4, 0.5) is 17.1 Å². The minimum absolute atomic E-state index is 0.0948. The molecule has 0 saturated heterocycles. The topological polar surface area (TPSA) is 3.24 Å². The fourth-order valence-electron chi connectivity index (χ4n) is 15.4. The van der Waals surface area contributed by atoms with Crippen LogP contribution >= 0.6 is 0 Å². The minimum Gasteiger partial charge on any atom is -0.310 e. The van der Waals surface area contributed by atoms with E-state index in [9.17, 15) is 0 Å². The predicted octanol–water partition coefficient (Wildman–Crippen LogP) is 14.8. The van der Waals surface area contributed by atoms with Crippen LogP contribution in [0.25, 0.3) is 33.4 Å². The van der Waals surface area contributed by atoms with Gasteiger partial charge in [0.25, 0.3) is 0 Å². The van der Waals surface area contributed by atoms with Crippen molar-refractivity contribution in [2.24, 2.45) is 29.1 Å². The van der Waals surface area contributed by atoms with Crippen LogP contribution in [0.5, 0.6) is 0 Å². The Labute approximate surface area is 345 Å². The molecule has 4 fully saturated rings. The summed E-state index contributed by atoms with van der Waals surface area (Å²) in [4.78, 5) is 2.66. The van der Waals surface area contributed by atoms with Crippen molar-refractivity contribution in [3.05, 3.63) is 161 Å². The molecule has 58 heavy (non-hydrogen) atoms. The van der Waals surface area contributed by atoms with Crippen molar-refractivity contribution in [2.45, 2.75) is 102 Å². The average molecular weight is 754 g/mol. The lowest BCUT2D eigenvalue weighted by Crippen LogP contribution is -2.73. The fourth-order valence-corrected chi connectivity index (χ4v) is 15.4. The highest BCUT2D eigenvalue weighted by molar-refractivity contribution is 5.96. The highest BCUT2D eigenvalue weighted by Gasteiger charge is 2.84. The maximum atomic E-state index is 2.72. The van der Waals surface area contributed by atoms with Gasteiger partial charge in [-0.25, -0.2) is 0 Å². The van der Waals surface area contributed by atoms with Crippen LogP contribution < -0.4 is 4.90 Å². The van der Waals surface area contributed by atoms with Gasteiger partial charge in [0.2, 0.25) is 0 Å². The fraction of sp³-hybridized carbons (Fsp3) is 0.368. The first-order chi connectivity index (χ1) is 27.9. The lowest BCUT2D eigenvalue weighted by atomic mass is 9.27. The van der Waals surface area contributed by atoms with Gasteiger partial charge < -0.3 is 4.90 Å². The van der Waals surface area contributed by atoms with Crippen LogP contribution in [0.3, 0.4) is 0 Å². The van der Waals surface area contributed by atoms with E-state index in [1.165, 1.54) is 111 Å². The van der Waals surface area contributed by atoms with Crippen LogP contribution in [0, 0.1) is 29.1 Å². The molecule has 0 N–H and O–H groups in total. The standard InChI is InChI=1S/C57H55N/c1-53(2)24-25-54(3,4)49-30-38(21-23-46(49)53)58(37-20-22-41-39-16-10-12-18-44(39)55(5,6)47(41)29-37)50-32-43-40-17-11-13-19-45(40)57(48(43)31-42(50)35-14-8-7-9-15-35)51-27-34-26-36-28-52(57)56(36,51)33-34/h7-23,29-32,34,36,51-52H,24-28,33H2,1-6H3. The van der Waals surface area contributed by atoms with Crippen molar-refractivity contribution >= 4 is 17.1 Å². The second-order valence-electron chi connectivity index (χ2n) is 21.6. The summed E-state index contributed by atoms with van der Waals surface area (Å²) in [5, 5.41) is 0. The molecule has 1 heteroatoms. The number of hydrogen-bond donors (Lipinski definition) is 0. The summed E-state index contributed by atoms with van der Waals surface area (Å²) >= 11 is 0. The molecule has 288 valence electrons. The van der Waals surface area contributed by atoms with Crippen molar-refractivity contribution in [3.8, 4) is 33.4 Å². The third kappa shape index (κ3) is 3.91. The number of nitrogens with zero attached hydrogens (tertiary/aromatic N) is 1. The monoisotopic (exact) mass is 753 g/mol. The molecule has 2 spiro atoms. The SMILES string of the molecule is CC1(C)CCC(C)(C)c2cc(N(c3ccc4c(c3)C(C)(C)c3ccccc3-4)c3cc4c(cc3-c3ccccc3)C3(c5ccccc5-4)C4CC5CC6CC3C64C5)ccc21. The van der Waals surface area contributed by atoms with Gasteiger partial charge in [-0.3, -0.25) is 0 Å². The van der Waals surface area contributed by atoms with E-state index >= 15 is 0 Å². The smallest absolute Gasteiger partial charge is 0.0546 e. The van der Waals surface area contributed by atoms with Gasteiger partial charge in [-0.1, -0.05) is 133 Å². The van der Waals surface area contributed by atoms with E-state index in [1.807, 2.05) is 0 Å². The summed E-state index contributed by atoms with van der Waals surface area (Å²) < 4.78 is 0. The van der Waals surface area contributed by atoms with E-state index in [2.05, 4.69) is 174 Å². The largest absolute Gasteiger partial charge is 0.310 e. The third-order valence-electron chi connectivity index (χ3n) is 18.0. The average Bonchev–Trinajstić information content (AvgIpc) is 3.92. The summed E-state index contributed by atoms with van der Waals surface area (Å²) in [5.74, 6) is 3.47. The molecule has 0 aromatic heterocycles. The van der Waals surface area contributed by atoms with Crippen LogP contribution in [0.2, 0.25) is 0 Å². The molecule has 7 aliphatic carbocycles. The highest BCUT2D eigenvalue weighted by atomic mass is 15.1. The molecular weight excluding hydrogens is 699 g/mol. The molecule has 6 aromatic carbocycles. The zero-order valence-corrected chi connectivity index (χ0v) is 35.1. The zero-order chi connectivity index (χ0) is 39.1. The van der Waals surface area contributed by atoms with Crippen molar-refractivity contribution in [1.82, 2.24) is 0 Å². The molecular formula is C57H55N. The van der Waals surface area contributed by atoms with Gasteiger partial charge >= 0.3 is 0 Å². The van der Waals surface area contributed by atoms with Crippen LogP contribution in [-0.2, 0) is 21.7 Å². The lowest BCUT2D eigenvalue weighted by Gasteiger charge is -2.76. The molecule has 4 saturated carbocycles. The number of anilines is 3. The molecule has 0 aliphatic heterocycles. The Morgan fingerprint density at radius 3 is 1.84 bits per heavy atom. The van der Waals surface area contributed by atoms with Crippen LogP contribution in [0.1, 0.15) is 113 Å². The molecule has 6 atom stereocenters. The van der Waals surface area contributed by atoms with E-state index in [0.717, 1.165) is 23.7 Å². The normalized spacial score (nSPS) is 29.7. The molecule has 7 aliphatic rings. The van der Waals surface area contributed by atoms with Gasteiger partial charge in [-0.15, -0.1) is 0 Å². The molecule has 2 bridgehead atoms. The Morgan fingerprint density at radius 1 is 0.466 bits per heavy atom. The quantitative estimate of drug-likeness (QED) is 0.173. The molecule has 0 radical (unpaired) electrons. The number of hydrogen-bond acceptors (Lipinski definition) is 1. The number of rotatable bonds is 4. The number of benzene rings is 6. The van der Waals surface area contributed by atoms with E-state index in [0.29, 0.717) is 5.41 Å². The Bertz CT molecular complexity index is 2760. The first-order valence-corrected chi connectivity index (χ1v) is 22.5. The lowest BCUT2D eigenvalue weighted by molar-refractivity contribution is -0.231. The number of fused-ring (bicyclic) bond motifs is 12. The van der Waals surface area contributed by atoms with Gasteiger partial charge in [-0.05, 0) is 176 Å². The molecule has 0 amide bonds. The molecule has 6 aromatic rings. The predicted molar refractivity (Wildman–Crippen MR) is 240 cm³/mol. The molecule has 1 nitrogen and oxygen atoms in total. The summed E-state index contributed by atoms with van der Waals surface area (Å²) in [6.45, 7) is 14.7. The Hall–Kier alpha value is -4.88. The van der Waals surface area contributed by atoms with Crippen molar-refractivity contribution in [3.63, 3.8) is 0 Å². The summed E-state index contributed by atoms with van der Waals surface area (Å²) in [6.07, 6.45) is 8.24. The minimum atomic E-state index is -0.0948. The van der Waals surface area contributed by atoms with Crippen LogP contribution in [0.15, 0.2) is 127 Å². The summed E-state index contributed by atoms with van der Waals surface area (Å²) in [6, 6.07) is 50.4. The highest BCUT2D eigenvalue weighted by Crippen LogP contribution is 2.89. The summed E-state index contributed by atoms with van der Waals surface area (Å²) in [5.41, 5.74) is 22.2. The van der Waals surface area contributed by atoms with Crippen molar-refractivity contribution < 1.29 is 0 Å². The Kier molecular flexibility index (Phi) is 6.36. The van der Waals surface area contributed by atoms with E-state index < -0.39 is 0 Å². The second-order valence-corrected chi connectivity index (χ2v) is 21.6. The third-order valence-corrected chi connectivity index (χ3v) is 18.0. The Balaban J connectivity index is 1.09. The summed E-state index contributed by atoms with van der Waals surface area (Å²) in [7, 11) is 0. The molecule has 6 unspecified atom stereocenters. The van der Waals surface area contributed by atoms with Gasteiger partial charge in [0.15, 0.2) is 0 Å². The Morgan fingerprint density at radius 2 is 1.09 bits per heavy atom. The van der Waals surface area contributed by atoms with Gasteiger partial charge in [0, 0.05) is 27.8 Å². The van der Waals surface area contributed by atoms with Gasteiger partial charge in [0.05, 0.1) is 5.69 Å². The zero-order valence-electron chi connectivity index (χ0n) is 35.1. The van der Waals surface area contributed by atoms with Crippen molar-refractivity contribution in [2.75, 3.05) is 4.90 Å². The maximum absolute atomic E-state index is 2.72. The van der Waals surface area contributed by atoms with Crippen molar-refractivity contribution in [1.29, 1.82) is 0 Å².